The Labute approximate surface area is 213 Å². The molecule has 0 spiro atoms. The number of tetrazole rings is 1. The second kappa shape index (κ2) is 11.4. The van der Waals surface area contributed by atoms with Gasteiger partial charge in [0.15, 0.2) is 0 Å². The van der Waals surface area contributed by atoms with E-state index in [1.54, 1.807) is 0 Å². The number of allylic oxidation sites excluding steroid dienone is 1. The van der Waals surface area contributed by atoms with Crippen molar-refractivity contribution in [3.05, 3.63) is 65.4 Å². The molecule has 1 N–H and O–H groups in total. The van der Waals surface area contributed by atoms with E-state index in [4.69, 9.17) is 17.2 Å². The maximum absolute atomic E-state index is 5.59. The molecule has 2 heterocycles. The quantitative estimate of drug-likeness (QED) is 0.402. The number of unbranched alkanes of at least 4 members (excludes halogenated alkanes) is 1. The summed E-state index contributed by atoms with van der Waals surface area (Å²) in [7, 11) is 4.01. The first-order valence-corrected chi connectivity index (χ1v) is 12.5. The zero-order valence-electron chi connectivity index (χ0n) is 21.0. The predicted octanol–water partition coefficient (Wildman–Crippen LogP) is 5.49. The highest BCUT2D eigenvalue weighted by Gasteiger charge is 2.21. The fourth-order valence-corrected chi connectivity index (χ4v) is 4.39. The number of H-pyrrole nitrogens is 1. The fraction of sp³-hybridized carbons (Fsp3) is 0.370. The third-order valence-electron chi connectivity index (χ3n) is 6.32. The summed E-state index contributed by atoms with van der Waals surface area (Å²) in [6.45, 7) is 6.03. The van der Waals surface area contributed by atoms with Gasteiger partial charge in [-0.1, -0.05) is 74.1 Å². The summed E-state index contributed by atoms with van der Waals surface area (Å²) in [6, 6.07) is 16.9. The van der Waals surface area contributed by atoms with Crippen molar-refractivity contribution in [3.8, 4) is 22.5 Å². The highest BCUT2D eigenvalue weighted by Crippen LogP contribution is 2.30. The van der Waals surface area contributed by atoms with Crippen LogP contribution in [0.1, 0.15) is 45.1 Å². The van der Waals surface area contributed by atoms with Gasteiger partial charge in [-0.25, -0.2) is 4.99 Å². The van der Waals surface area contributed by atoms with Crippen LogP contribution >= 0.6 is 12.2 Å². The molecule has 1 aliphatic rings. The Bertz CT molecular complexity index is 1210. The van der Waals surface area contributed by atoms with Crippen LogP contribution in [0.25, 0.3) is 22.5 Å². The molecule has 1 aromatic heterocycles. The Hall–Kier alpha value is -3.39. The average Bonchev–Trinajstić information content (AvgIpc) is 3.40. The lowest BCUT2D eigenvalue weighted by atomic mass is 9.98. The Kier molecular flexibility index (Phi) is 8.02. The summed E-state index contributed by atoms with van der Waals surface area (Å²) in [6.07, 6.45) is 4.07. The van der Waals surface area contributed by atoms with E-state index in [9.17, 15) is 0 Å². The lowest BCUT2D eigenvalue weighted by Crippen LogP contribution is -2.36. The van der Waals surface area contributed by atoms with E-state index in [2.05, 4.69) is 69.7 Å². The Morgan fingerprint density at radius 2 is 1.83 bits per heavy atom. The average molecular weight is 488 g/mol. The molecule has 0 aliphatic carbocycles. The maximum Gasteiger partial charge on any atom is 0.205 e. The number of amidine groups is 1. The maximum atomic E-state index is 5.59. The Morgan fingerprint density at radius 1 is 1.09 bits per heavy atom. The minimum Gasteiger partial charge on any atom is -0.372 e. The Balaban J connectivity index is 1.54. The largest absolute Gasteiger partial charge is 0.372 e. The van der Waals surface area contributed by atoms with Crippen molar-refractivity contribution in [2.24, 2.45) is 4.99 Å². The molecule has 8 heteroatoms. The summed E-state index contributed by atoms with van der Waals surface area (Å²) >= 11 is 5.59. The van der Waals surface area contributed by atoms with Crippen LogP contribution in [0.5, 0.6) is 0 Å². The normalized spacial score (nSPS) is 13.7. The van der Waals surface area contributed by atoms with Crippen molar-refractivity contribution < 1.29 is 0 Å². The molecule has 4 rings (SSSR count). The van der Waals surface area contributed by atoms with E-state index in [0.29, 0.717) is 5.82 Å². The molecule has 0 radical (unpaired) electrons. The van der Waals surface area contributed by atoms with Crippen LogP contribution in [0.15, 0.2) is 64.8 Å². The van der Waals surface area contributed by atoms with E-state index in [0.717, 1.165) is 66.1 Å². The number of aliphatic imine (C=N–C) groups is 1. The first kappa shape index (κ1) is 24.7. The van der Waals surface area contributed by atoms with Gasteiger partial charge in [-0.05, 0) is 40.8 Å². The highest BCUT2D eigenvalue weighted by molar-refractivity contribution is 7.80. The van der Waals surface area contributed by atoms with Gasteiger partial charge in [0.25, 0.3) is 0 Å². The van der Waals surface area contributed by atoms with E-state index < -0.39 is 0 Å². The molecule has 0 bridgehead atoms. The third kappa shape index (κ3) is 6.00. The van der Waals surface area contributed by atoms with Crippen molar-refractivity contribution in [2.75, 3.05) is 20.6 Å². The summed E-state index contributed by atoms with van der Waals surface area (Å²) in [4.78, 5) is 10.4. The van der Waals surface area contributed by atoms with Gasteiger partial charge in [-0.15, -0.1) is 10.2 Å². The molecule has 35 heavy (non-hydrogen) atoms. The van der Waals surface area contributed by atoms with Crippen molar-refractivity contribution in [2.45, 2.75) is 46.1 Å². The van der Waals surface area contributed by atoms with Gasteiger partial charge in [0, 0.05) is 51.3 Å². The van der Waals surface area contributed by atoms with Crippen LogP contribution in [-0.2, 0) is 6.54 Å². The number of aromatic nitrogens is 4. The Morgan fingerprint density at radius 3 is 2.49 bits per heavy atom. The molecule has 3 aromatic rings. The summed E-state index contributed by atoms with van der Waals surface area (Å²) in [5.41, 5.74) is 6.84. The van der Waals surface area contributed by atoms with Crippen LogP contribution in [0, 0.1) is 0 Å². The monoisotopic (exact) mass is 487 g/mol. The van der Waals surface area contributed by atoms with Crippen molar-refractivity contribution in [1.29, 1.82) is 0 Å². The summed E-state index contributed by atoms with van der Waals surface area (Å²) in [5.74, 6) is 1.77. The van der Waals surface area contributed by atoms with Gasteiger partial charge >= 0.3 is 0 Å². The zero-order chi connectivity index (χ0) is 24.8. The van der Waals surface area contributed by atoms with Gasteiger partial charge in [0.05, 0.1) is 4.99 Å². The number of aromatic amines is 1. The molecular weight excluding hydrogens is 454 g/mol. The molecule has 182 valence electrons. The van der Waals surface area contributed by atoms with Gasteiger partial charge in [-0.3, -0.25) is 0 Å². The van der Waals surface area contributed by atoms with Crippen molar-refractivity contribution in [3.63, 3.8) is 0 Å². The number of thiocarbonyl (C=S) groups is 1. The SMILES string of the molecule is CCCCC1=NC(C)=C(CC(=S)N(C)C)CN1Cc1ccc(-c2ccccc2-c2nn[nH]n2)cc1. The van der Waals surface area contributed by atoms with Crippen LogP contribution in [0.4, 0.5) is 0 Å². The minimum absolute atomic E-state index is 0.597. The first-order chi connectivity index (χ1) is 17.0. The van der Waals surface area contributed by atoms with E-state index >= 15 is 0 Å². The van der Waals surface area contributed by atoms with Gasteiger partial charge in [-0.2, -0.15) is 5.21 Å². The van der Waals surface area contributed by atoms with E-state index in [1.807, 2.05) is 37.2 Å². The zero-order valence-corrected chi connectivity index (χ0v) is 21.8. The summed E-state index contributed by atoms with van der Waals surface area (Å²) in [5, 5.41) is 14.6. The lowest BCUT2D eigenvalue weighted by molar-refractivity contribution is 0.421. The molecule has 0 saturated heterocycles. The summed E-state index contributed by atoms with van der Waals surface area (Å²) < 4.78 is 0. The van der Waals surface area contributed by atoms with Gasteiger partial charge in [0.2, 0.25) is 5.82 Å². The van der Waals surface area contributed by atoms with Gasteiger partial charge in [0.1, 0.15) is 5.84 Å². The van der Waals surface area contributed by atoms with Crippen LogP contribution < -0.4 is 0 Å². The standard InChI is InChI=1S/C27H33N7S/c1-5-6-11-25-28-19(2)22(16-26(35)33(3)4)18-34(25)17-20-12-14-21(15-13-20)23-9-7-8-10-24(23)27-29-31-32-30-27/h7-10,12-15H,5-6,11,16-18H2,1-4H3,(H,29,30,31,32). The number of rotatable bonds is 9. The topological polar surface area (TPSA) is 73.3 Å². The number of hydrogen-bond acceptors (Lipinski definition) is 6. The molecular formula is C27H33N7S. The molecule has 0 atom stereocenters. The fourth-order valence-electron chi connectivity index (χ4n) is 4.22. The third-order valence-corrected chi connectivity index (χ3v) is 6.83. The predicted molar refractivity (Wildman–Crippen MR) is 146 cm³/mol. The molecule has 0 fully saturated rings. The van der Waals surface area contributed by atoms with E-state index in [1.165, 1.54) is 17.0 Å². The van der Waals surface area contributed by atoms with Crippen LogP contribution in [-0.4, -0.2) is 61.9 Å². The molecule has 1 aliphatic heterocycles. The second-order valence-electron chi connectivity index (χ2n) is 9.12. The first-order valence-electron chi connectivity index (χ1n) is 12.1. The molecule has 2 aromatic carbocycles. The van der Waals surface area contributed by atoms with Crippen molar-refractivity contribution >= 4 is 23.0 Å². The van der Waals surface area contributed by atoms with Crippen molar-refractivity contribution in [1.82, 2.24) is 30.4 Å². The molecule has 7 nitrogen and oxygen atoms in total. The van der Waals surface area contributed by atoms with Crippen LogP contribution in [0.3, 0.4) is 0 Å². The smallest absolute Gasteiger partial charge is 0.205 e. The number of nitrogens with zero attached hydrogens (tertiary/aromatic N) is 6. The second-order valence-corrected chi connectivity index (χ2v) is 9.59. The molecule has 0 saturated carbocycles. The number of hydrogen-bond donors (Lipinski definition) is 1. The lowest BCUT2D eigenvalue weighted by Gasteiger charge is -2.32. The van der Waals surface area contributed by atoms with Gasteiger partial charge < -0.3 is 9.80 Å². The molecule has 0 amide bonds. The van der Waals surface area contributed by atoms with Crippen LogP contribution in [0.2, 0.25) is 0 Å². The number of benzene rings is 2. The molecule has 0 unspecified atom stereocenters. The minimum atomic E-state index is 0.597. The highest BCUT2D eigenvalue weighted by atomic mass is 32.1. The van der Waals surface area contributed by atoms with E-state index in [-0.39, 0.29) is 0 Å². The number of nitrogens with one attached hydrogen (secondary N) is 1.